The number of benzene rings is 1. The van der Waals surface area contributed by atoms with Crippen LogP contribution in [0.4, 0.5) is 0 Å². The first kappa shape index (κ1) is 16.9. The highest BCUT2D eigenvalue weighted by atomic mass is 79.9. The molecule has 2 unspecified atom stereocenters. The van der Waals surface area contributed by atoms with Gasteiger partial charge in [0.25, 0.3) is 0 Å². The van der Waals surface area contributed by atoms with E-state index in [-0.39, 0.29) is 5.60 Å². The Bertz CT molecular complexity index is 575. The molecule has 1 aromatic rings. The smallest absolute Gasteiger partial charge is 0.134 e. The number of nitrogens with one attached hydrogen (secondary N) is 1. The monoisotopic (exact) mass is 382 g/mol. The molecule has 5 nitrogen and oxygen atoms in total. The maximum atomic E-state index is 6.39. The first-order valence-electron chi connectivity index (χ1n) is 7.87. The number of halogens is 1. The molecule has 1 fully saturated rings. The van der Waals surface area contributed by atoms with Gasteiger partial charge in [0, 0.05) is 29.6 Å². The second kappa shape index (κ2) is 6.91. The van der Waals surface area contributed by atoms with Gasteiger partial charge in [0.2, 0.25) is 0 Å². The topological polar surface area (TPSA) is 65.7 Å². The fourth-order valence-corrected chi connectivity index (χ4v) is 4.03. The lowest BCUT2D eigenvalue weighted by atomic mass is 9.74. The number of hydrogen-bond donors (Lipinski definition) is 2. The van der Waals surface area contributed by atoms with Gasteiger partial charge in [-0.05, 0) is 31.0 Å². The lowest BCUT2D eigenvalue weighted by Gasteiger charge is -2.50. The van der Waals surface area contributed by atoms with E-state index in [2.05, 4.69) is 33.9 Å². The number of rotatable bonds is 5. The summed E-state index contributed by atoms with van der Waals surface area (Å²) in [5, 5.41) is 3.56. The number of ether oxygens (including phenoxy) is 2. The third-order valence-electron chi connectivity index (χ3n) is 4.61. The van der Waals surface area contributed by atoms with Gasteiger partial charge in [0.1, 0.15) is 11.4 Å². The highest BCUT2D eigenvalue weighted by molar-refractivity contribution is 9.10. The minimum absolute atomic E-state index is 0.341. The molecule has 0 radical (unpaired) electrons. The van der Waals surface area contributed by atoms with Crippen LogP contribution in [0, 0.1) is 0 Å². The molecule has 0 amide bonds. The van der Waals surface area contributed by atoms with Crippen LogP contribution in [0.15, 0.2) is 35.3 Å². The van der Waals surface area contributed by atoms with Gasteiger partial charge in [0.15, 0.2) is 0 Å². The van der Waals surface area contributed by atoms with Crippen LogP contribution in [-0.2, 0) is 15.1 Å². The van der Waals surface area contributed by atoms with E-state index in [9.17, 15) is 0 Å². The molecule has 3 rings (SSSR count). The van der Waals surface area contributed by atoms with E-state index in [0.29, 0.717) is 19.8 Å². The first-order chi connectivity index (χ1) is 11.1. The molecule has 1 saturated heterocycles. The van der Waals surface area contributed by atoms with E-state index in [1.807, 2.05) is 18.2 Å². The highest BCUT2D eigenvalue weighted by Gasteiger charge is 2.50. The van der Waals surface area contributed by atoms with Crippen LogP contribution in [0.25, 0.3) is 0 Å². The van der Waals surface area contributed by atoms with Crippen molar-refractivity contribution in [2.75, 3.05) is 26.4 Å². The summed E-state index contributed by atoms with van der Waals surface area (Å²) in [7, 11) is 0. The summed E-state index contributed by atoms with van der Waals surface area (Å²) in [5.41, 5.74) is 0.280. The van der Waals surface area contributed by atoms with E-state index in [0.717, 1.165) is 41.7 Å². The molecular formula is C17H23BrN2O3. The molecule has 0 aromatic heterocycles. The van der Waals surface area contributed by atoms with Crippen LogP contribution in [0.3, 0.4) is 0 Å². The molecule has 0 aliphatic carbocycles. The number of hydrogen-bond acceptors (Lipinski definition) is 5. The maximum Gasteiger partial charge on any atom is 0.134 e. The van der Waals surface area contributed by atoms with E-state index in [4.69, 9.17) is 20.2 Å². The van der Waals surface area contributed by atoms with Gasteiger partial charge in [-0.2, -0.15) is 0 Å². The van der Waals surface area contributed by atoms with E-state index in [1.165, 1.54) is 0 Å². The summed E-state index contributed by atoms with van der Waals surface area (Å²) >= 11 is 3.55. The minimum Gasteiger partial charge on any atom is -0.484 e. The summed E-state index contributed by atoms with van der Waals surface area (Å²) in [4.78, 5) is 5.10. The van der Waals surface area contributed by atoms with Gasteiger partial charge in [0.05, 0.1) is 18.8 Å². The standard InChI is InChI=1S/C17H23BrN2O3/c1-2-7-20-17(12-22-19)10-16(6-3-8-21-11-16)23-15-5-4-13(18)9-14(15)17/h2,4-5,9,20H,1,3,6-8,10-12,19H2. The second-order valence-electron chi connectivity index (χ2n) is 6.32. The number of nitrogens with two attached hydrogens (primary N) is 1. The van der Waals surface area contributed by atoms with Crippen molar-refractivity contribution in [1.82, 2.24) is 5.32 Å². The molecule has 2 heterocycles. The largest absolute Gasteiger partial charge is 0.484 e. The van der Waals surface area contributed by atoms with Crippen molar-refractivity contribution < 1.29 is 14.3 Å². The SMILES string of the molecule is C=CCNC1(CON)CC2(CCCOC2)Oc2ccc(Br)cc21. The molecule has 3 N–H and O–H groups in total. The van der Waals surface area contributed by atoms with Crippen LogP contribution < -0.4 is 16.0 Å². The molecule has 2 atom stereocenters. The summed E-state index contributed by atoms with van der Waals surface area (Å²) in [5.74, 6) is 6.34. The molecule has 23 heavy (non-hydrogen) atoms. The van der Waals surface area contributed by atoms with Crippen LogP contribution in [0.2, 0.25) is 0 Å². The van der Waals surface area contributed by atoms with Gasteiger partial charge in [-0.3, -0.25) is 0 Å². The Morgan fingerprint density at radius 3 is 3.04 bits per heavy atom. The molecule has 1 spiro atoms. The Morgan fingerprint density at radius 1 is 1.48 bits per heavy atom. The van der Waals surface area contributed by atoms with Crippen molar-refractivity contribution in [2.45, 2.75) is 30.4 Å². The zero-order chi connectivity index (χ0) is 16.3. The lowest BCUT2D eigenvalue weighted by Crippen LogP contribution is -2.59. The molecular weight excluding hydrogens is 360 g/mol. The third kappa shape index (κ3) is 3.32. The summed E-state index contributed by atoms with van der Waals surface area (Å²) in [6.45, 7) is 6.21. The zero-order valence-electron chi connectivity index (χ0n) is 13.1. The Kier molecular flexibility index (Phi) is 5.08. The molecule has 1 aromatic carbocycles. The molecule has 0 bridgehead atoms. The Morgan fingerprint density at radius 2 is 2.35 bits per heavy atom. The average Bonchev–Trinajstić information content (AvgIpc) is 2.55. The fraction of sp³-hybridized carbons (Fsp3) is 0.529. The summed E-state index contributed by atoms with van der Waals surface area (Å²) in [6, 6.07) is 6.06. The normalized spacial score (nSPS) is 29.8. The second-order valence-corrected chi connectivity index (χ2v) is 7.24. The van der Waals surface area contributed by atoms with Gasteiger partial charge in [-0.15, -0.1) is 6.58 Å². The molecule has 126 valence electrons. The average molecular weight is 383 g/mol. The summed E-state index contributed by atoms with van der Waals surface area (Å²) in [6.07, 6.45) is 4.54. The van der Waals surface area contributed by atoms with Crippen molar-refractivity contribution in [3.63, 3.8) is 0 Å². The van der Waals surface area contributed by atoms with Crippen LogP contribution >= 0.6 is 15.9 Å². The molecule has 2 aliphatic rings. The Balaban J connectivity index is 2.06. The number of fused-ring (bicyclic) bond motifs is 1. The molecule has 6 heteroatoms. The first-order valence-corrected chi connectivity index (χ1v) is 8.67. The highest BCUT2D eigenvalue weighted by Crippen LogP contribution is 2.47. The van der Waals surface area contributed by atoms with Gasteiger partial charge >= 0.3 is 0 Å². The fourth-order valence-electron chi connectivity index (χ4n) is 3.67. The van der Waals surface area contributed by atoms with Gasteiger partial charge in [-0.1, -0.05) is 22.0 Å². The lowest BCUT2D eigenvalue weighted by molar-refractivity contribution is -0.108. The van der Waals surface area contributed by atoms with Crippen molar-refractivity contribution in [1.29, 1.82) is 0 Å². The Hall–Kier alpha value is -0.920. The van der Waals surface area contributed by atoms with Crippen molar-refractivity contribution in [2.24, 2.45) is 5.90 Å². The van der Waals surface area contributed by atoms with E-state index >= 15 is 0 Å². The van der Waals surface area contributed by atoms with E-state index < -0.39 is 5.54 Å². The third-order valence-corrected chi connectivity index (χ3v) is 5.10. The summed E-state index contributed by atoms with van der Waals surface area (Å²) < 4.78 is 13.1. The van der Waals surface area contributed by atoms with Crippen molar-refractivity contribution in [3.8, 4) is 5.75 Å². The van der Waals surface area contributed by atoms with Crippen LogP contribution in [0.1, 0.15) is 24.8 Å². The predicted molar refractivity (Wildman–Crippen MR) is 92.2 cm³/mol. The Labute approximate surface area is 145 Å². The van der Waals surface area contributed by atoms with Crippen molar-refractivity contribution in [3.05, 3.63) is 40.9 Å². The van der Waals surface area contributed by atoms with Gasteiger partial charge < -0.3 is 19.6 Å². The predicted octanol–water partition coefficient (Wildman–Crippen LogP) is 2.64. The molecule has 0 saturated carbocycles. The van der Waals surface area contributed by atoms with Crippen molar-refractivity contribution >= 4 is 15.9 Å². The van der Waals surface area contributed by atoms with Crippen LogP contribution in [0.5, 0.6) is 5.75 Å². The zero-order valence-corrected chi connectivity index (χ0v) is 14.7. The minimum atomic E-state index is -0.430. The van der Waals surface area contributed by atoms with Gasteiger partial charge in [-0.25, -0.2) is 5.90 Å². The quantitative estimate of drug-likeness (QED) is 0.605. The maximum absolute atomic E-state index is 6.39. The van der Waals surface area contributed by atoms with Crippen LogP contribution in [-0.4, -0.2) is 32.0 Å². The van der Waals surface area contributed by atoms with E-state index in [1.54, 1.807) is 0 Å². The molecule has 2 aliphatic heterocycles.